The standard InChI is InChI=1S/C17H14BrF4N5O4/c1-24-3-4-26(15(24)30)14(29)23-10-6-11(9(19)5-8(10)18)27-13(28)7-12(17(20,21)22)25(2)16(27)31/h5-7H,3-4H2,1-2H3,(H,23,29). The molecule has 1 aliphatic rings. The van der Waals surface area contributed by atoms with Crippen LogP contribution in [0.3, 0.4) is 0 Å². The summed E-state index contributed by atoms with van der Waals surface area (Å²) in [5.74, 6) is -1.11. The Kier molecular flexibility index (Phi) is 5.69. The van der Waals surface area contributed by atoms with Gasteiger partial charge >= 0.3 is 23.9 Å². The van der Waals surface area contributed by atoms with Crippen molar-refractivity contribution < 1.29 is 27.2 Å². The number of hydrogen-bond donors (Lipinski definition) is 1. The van der Waals surface area contributed by atoms with E-state index < -0.39 is 46.7 Å². The first-order valence-electron chi connectivity index (χ1n) is 8.56. The quantitative estimate of drug-likeness (QED) is 0.631. The van der Waals surface area contributed by atoms with E-state index in [1.807, 2.05) is 0 Å². The Morgan fingerprint density at radius 3 is 2.29 bits per heavy atom. The van der Waals surface area contributed by atoms with Gasteiger partial charge in [-0.15, -0.1) is 0 Å². The number of halogens is 5. The maximum Gasteiger partial charge on any atom is 0.431 e. The van der Waals surface area contributed by atoms with Crippen LogP contribution in [0.2, 0.25) is 0 Å². The highest BCUT2D eigenvalue weighted by atomic mass is 79.9. The van der Waals surface area contributed by atoms with Crippen molar-refractivity contribution in [1.29, 1.82) is 0 Å². The predicted octanol–water partition coefficient (Wildman–Crippen LogP) is 2.36. The van der Waals surface area contributed by atoms with Gasteiger partial charge in [0.1, 0.15) is 11.5 Å². The summed E-state index contributed by atoms with van der Waals surface area (Å²) in [4.78, 5) is 51.2. The molecule has 0 radical (unpaired) electrons. The van der Waals surface area contributed by atoms with Gasteiger partial charge in [-0.05, 0) is 28.1 Å². The van der Waals surface area contributed by atoms with Crippen molar-refractivity contribution in [3.63, 3.8) is 0 Å². The lowest BCUT2D eigenvalue weighted by Crippen LogP contribution is -2.41. The lowest BCUT2D eigenvalue weighted by molar-refractivity contribution is -0.144. The molecule has 2 heterocycles. The first kappa shape index (κ1) is 22.5. The number of urea groups is 2. The largest absolute Gasteiger partial charge is 0.431 e. The van der Waals surface area contributed by atoms with Gasteiger partial charge in [0.25, 0.3) is 5.56 Å². The first-order valence-corrected chi connectivity index (χ1v) is 9.35. The van der Waals surface area contributed by atoms with Crippen molar-refractivity contribution in [1.82, 2.24) is 18.9 Å². The van der Waals surface area contributed by atoms with Crippen molar-refractivity contribution in [2.75, 3.05) is 25.5 Å². The zero-order valence-electron chi connectivity index (χ0n) is 16.0. The monoisotopic (exact) mass is 507 g/mol. The number of likely N-dealkylation sites (N-methyl/N-ethyl adjacent to an activating group) is 1. The van der Waals surface area contributed by atoms with Crippen molar-refractivity contribution in [3.05, 3.63) is 55.0 Å². The highest BCUT2D eigenvalue weighted by Crippen LogP contribution is 2.29. The van der Waals surface area contributed by atoms with E-state index in [0.29, 0.717) is 6.54 Å². The summed E-state index contributed by atoms with van der Waals surface area (Å²) in [6.45, 7) is 0.408. The second-order valence-electron chi connectivity index (χ2n) is 6.61. The highest BCUT2D eigenvalue weighted by Gasteiger charge is 2.35. The minimum absolute atomic E-state index is 0.0129. The molecule has 1 aromatic carbocycles. The van der Waals surface area contributed by atoms with Crippen molar-refractivity contribution >= 4 is 33.7 Å². The van der Waals surface area contributed by atoms with Crippen LogP contribution in [0.25, 0.3) is 5.69 Å². The molecule has 4 amide bonds. The van der Waals surface area contributed by atoms with Crippen LogP contribution in [0.15, 0.2) is 32.3 Å². The van der Waals surface area contributed by atoms with Gasteiger partial charge < -0.3 is 10.2 Å². The third-order valence-electron chi connectivity index (χ3n) is 4.59. The molecule has 1 fully saturated rings. The zero-order valence-corrected chi connectivity index (χ0v) is 17.5. The van der Waals surface area contributed by atoms with Gasteiger partial charge in [0.05, 0.1) is 11.4 Å². The number of anilines is 1. The molecule has 166 valence electrons. The molecular formula is C17H14BrF4N5O4. The van der Waals surface area contributed by atoms with Gasteiger partial charge in [0.15, 0.2) is 0 Å². The Morgan fingerprint density at radius 1 is 1.10 bits per heavy atom. The van der Waals surface area contributed by atoms with Gasteiger partial charge in [-0.3, -0.25) is 9.36 Å². The van der Waals surface area contributed by atoms with Gasteiger partial charge in [-0.25, -0.2) is 28.2 Å². The van der Waals surface area contributed by atoms with Crippen LogP contribution in [-0.4, -0.2) is 51.1 Å². The molecule has 0 aliphatic carbocycles. The summed E-state index contributed by atoms with van der Waals surface area (Å²) < 4.78 is 54.0. The summed E-state index contributed by atoms with van der Waals surface area (Å²) in [5.41, 5.74) is -5.14. The van der Waals surface area contributed by atoms with Crippen molar-refractivity contribution in [3.8, 4) is 5.69 Å². The minimum atomic E-state index is -4.97. The van der Waals surface area contributed by atoms with Crippen LogP contribution in [-0.2, 0) is 13.2 Å². The molecule has 3 rings (SSSR count). The fourth-order valence-corrected chi connectivity index (χ4v) is 3.36. The fraction of sp³-hybridized carbons (Fsp3) is 0.294. The van der Waals surface area contributed by atoms with Crippen LogP contribution in [0, 0.1) is 5.82 Å². The molecule has 0 saturated carbocycles. The summed E-state index contributed by atoms with van der Waals surface area (Å²) in [6, 6.07) is 0.480. The molecule has 9 nitrogen and oxygen atoms in total. The topological polar surface area (TPSA) is 96.7 Å². The molecule has 0 bridgehead atoms. The van der Waals surface area contributed by atoms with E-state index in [1.54, 1.807) is 0 Å². The number of amides is 4. The van der Waals surface area contributed by atoms with Crippen molar-refractivity contribution in [2.24, 2.45) is 7.05 Å². The number of carbonyl (C=O) groups excluding carboxylic acids is 2. The number of hydrogen-bond acceptors (Lipinski definition) is 4. The minimum Gasteiger partial charge on any atom is -0.326 e. The molecule has 2 aromatic rings. The van der Waals surface area contributed by atoms with Gasteiger partial charge in [-0.2, -0.15) is 13.2 Å². The van der Waals surface area contributed by atoms with Crippen LogP contribution >= 0.6 is 15.9 Å². The Balaban J connectivity index is 2.08. The Hall–Kier alpha value is -3.16. The maximum absolute atomic E-state index is 14.6. The Bertz CT molecular complexity index is 1210. The number of imide groups is 1. The molecule has 1 aliphatic heterocycles. The number of rotatable bonds is 2. The smallest absolute Gasteiger partial charge is 0.326 e. The van der Waals surface area contributed by atoms with E-state index in [9.17, 15) is 36.7 Å². The average molecular weight is 508 g/mol. The summed E-state index contributed by atoms with van der Waals surface area (Å²) >= 11 is 3.02. The van der Waals surface area contributed by atoms with Gasteiger partial charge in [-0.1, -0.05) is 0 Å². The molecular weight excluding hydrogens is 494 g/mol. The number of nitrogens with one attached hydrogen (secondary N) is 1. The molecule has 1 aromatic heterocycles. The van der Waals surface area contributed by atoms with E-state index in [2.05, 4.69) is 21.2 Å². The third kappa shape index (κ3) is 4.06. The molecule has 31 heavy (non-hydrogen) atoms. The van der Waals surface area contributed by atoms with E-state index in [0.717, 1.165) is 24.1 Å². The average Bonchev–Trinajstić information content (AvgIpc) is 2.99. The summed E-state index contributed by atoms with van der Waals surface area (Å²) in [6.07, 6.45) is -4.97. The molecule has 14 heteroatoms. The van der Waals surface area contributed by atoms with E-state index in [4.69, 9.17) is 0 Å². The Labute approximate surface area is 179 Å². The van der Waals surface area contributed by atoms with Crippen LogP contribution in [0.5, 0.6) is 0 Å². The molecule has 0 spiro atoms. The zero-order chi connectivity index (χ0) is 23.2. The highest BCUT2D eigenvalue weighted by molar-refractivity contribution is 9.10. The van der Waals surface area contributed by atoms with E-state index in [-0.39, 0.29) is 31.9 Å². The fourth-order valence-electron chi connectivity index (χ4n) is 2.94. The van der Waals surface area contributed by atoms with Gasteiger partial charge in [0.2, 0.25) is 0 Å². The molecule has 1 saturated heterocycles. The SMILES string of the molecule is CN1CCN(C(=O)Nc2cc(-n3c(=O)cc(C(F)(F)F)n(C)c3=O)c(F)cc2Br)C1=O. The normalized spacial score (nSPS) is 14.4. The predicted molar refractivity (Wildman–Crippen MR) is 104 cm³/mol. The van der Waals surface area contributed by atoms with Crippen LogP contribution in [0.1, 0.15) is 5.69 Å². The third-order valence-corrected chi connectivity index (χ3v) is 5.25. The molecule has 0 unspecified atom stereocenters. The second kappa shape index (κ2) is 7.83. The molecule has 0 atom stereocenters. The maximum atomic E-state index is 14.6. The lowest BCUT2D eigenvalue weighted by Gasteiger charge is -2.18. The lowest BCUT2D eigenvalue weighted by atomic mass is 10.2. The number of nitrogens with zero attached hydrogens (tertiary/aromatic N) is 4. The summed E-state index contributed by atoms with van der Waals surface area (Å²) in [5, 5.41) is 2.35. The van der Waals surface area contributed by atoms with E-state index >= 15 is 0 Å². The first-order chi connectivity index (χ1) is 14.3. The van der Waals surface area contributed by atoms with Crippen LogP contribution < -0.4 is 16.6 Å². The number of aromatic nitrogens is 2. The number of alkyl halides is 3. The Morgan fingerprint density at radius 2 is 1.74 bits per heavy atom. The van der Waals surface area contributed by atoms with Crippen LogP contribution in [0.4, 0.5) is 32.8 Å². The van der Waals surface area contributed by atoms with Gasteiger partial charge in [0, 0.05) is 37.7 Å². The van der Waals surface area contributed by atoms with Crippen molar-refractivity contribution in [2.45, 2.75) is 6.18 Å². The number of carbonyl (C=O) groups is 2. The second-order valence-corrected chi connectivity index (χ2v) is 7.47. The molecule has 1 N–H and O–H groups in total. The number of benzene rings is 1. The van der Waals surface area contributed by atoms with E-state index in [1.165, 1.54) is 11.9 Å². The summed E-state index contributed by atoms with van der Waals surface area (Å²) in [7, 11) is 2.28.